The van der Waals surface area contributed by atoms with Crippen LogP contribution in [0.3, 0.4) is 0 Å². The van der Waals surface area contributed by atoms with Gasteiger partial charge in [-0.2, -0.15) is 4.73 Å². The first-order valence-electron chi connectivity index (χ1n) is 7.88. The third-order valence-corrected chi connectivity index (χ3v) is 4.66. The van der Waals surface area contributed by atoms with E-state index in [9.17, 15) is 10.4 Å². The van der Waals surface area contributed by atoms with E-state index in [1.54, 1.807) is 12.1 Å². The van der Waals surface area contributed by atoms with Crippen molar-refractivity contribution in [3.63, 3.8) is 0 Å². The van der Waals surface area contributed by atoms with Crippen LogP contribution in [-0.4, -0.2) is 10.9 Å². The smallest absolute Gasteiger partial charge is 0.181 e. The molecule has 4 nitrogen and oxygen atoms in total. The summed E-state index contributed by atoms with van der Waals surface area (Å²) in [5.74, 6) is 0.0415. The maximum atomic E-state index is 11.2. The van der Waals surface area contributed by atoms with Gasteiger partial charge in [0.05, 0.1) is 5.71 Å². The van der Waals surface area contributed by atoms with Crippen LogP contribution in [0.1, 0.15) is 29.0 Å². The molecule has 1 N–H and O–H groups in total. The Hall–Kier alpha value is -2.66. The monoisotopic (exact) mass is 396 g/mol. The molecule has 1 heterocycles. The van der Waals surface area contributed by atoms with Gasteiger partial charge < -0.3 is 10.4 Å². The van der Waals surface area contributed by atoms with Crippen molar-refractivity contribution in [1.82, 2.24) is 0 Å². The lowest BCUT2D eigenvalue weighted by molar-refractivity contribution is -0.605. The highest BCUT2D eigenvalue weighted by Gasteiger charge is 2.19. The summed E-state index contributed by atoms with van der Waals surface area (Å²) in [7, 11) is 0. The van der Waals surface area contributed by atoms with E-state index in [-0.39, 0.29) is 5.92 Å². The van der Waals surface area contributed by atoms with Gasteiger partial charge in [0.15, 0.2) is 12.4 Å². The van der Waals surface area contributed by atoms with Crippen LogP contribution in [0, 0.1) is 5.21 Å². The first-order valence-corrected chi connectivity index (χ1v) is 8.67. The Labute approximate surface area is 154 Å². The molecule has 3 rings (SSSR count). The molecule has 0 bridgehead atoms. The minimum absolute atomic E-state index is 0.0415. The van der Waals surface area contributed by atoms with Crippen LogP contribution in [0.25, 0.3) is 0 Å². The van der Waals surface area contributed by atoms with Crippen molar-refractivity contribution in [3.05, 3.63) is 105 Å². The third-order valence-electron chi connectivity index (χ3n) is 4.13. The van der Waals surface area contributed by atoms with Gasteiger partial charge >= 0.3 is 0 Å². The van der Waals surface area contributed by atoms with Crippen molar-refractivity contribution in [2.45, 2.75) is 12.3 Å². The van der Waals surface area contributed by atoms with E-state index in [2.05, 4.69) is 45.4 Å². The van der Waals surface area contributed by atoms with E-state index in [0.29, 0.717) is 16.9 Å². The second-order valence-corrected chi connectivity index (χ2v) is 6.63. The van der Waals surface area contributed by atoms with Crippen LogP contribution < -0.4 is 4.73 Å². The van der Waals surface area contributed by atoms with Crippen molar-refractivity contribution in [2.75, 3.05) is 0 Å². The second kappa shape index (κ2) is 7.94. The summed E-state index contributed by atoms with van der Waals surface area (Å²) in [4.78, 5) is 0. The minimum Gasteiger partial charge on any atom is -0.619 e. The number of rotatable bonds is 5. The molecular weight excluding hydrogens is 380 g/mol. The fourth-order valence-electron chi connectivity index (χ4n) is 2.82. The van der Waals surface area contributed by atoms with E-state index < -0.39 is 0 Å². The predicted molar refractivity (Wildman–Crippen MR) is 101 cm³/mol. The first-order chi connectivity index (χ1) is 12.2. The molecule has 0 saturated carbocycles. The van der Waals surface area contributed by atoms with Gasteiger partial charge in [0.25, 0.3) is 0 Å². The zero-order valence-corrected chi connectivity index (χ0v) is 15.0. The average Bonchev–Trinajstić information content (AvgIpc) is 2.65. The van der Waals surface area contributed by atoms with Crippen molar-refractivity contribution >= 4 is 21.6 Å². The van der Waals surface area contributed by atoms with Gasteiger partial charge in [-0.3, -0.25) is 0 Å². The Morgan fingerprint density at radius 2 is 1.56 bits per heavy atom. The van der Waals surface area contributed by atoms with Crippen molar-refractivity contribution in [1.29, 1.82) is 0 Å². The quantitative estimate of drug-likeness (QED) is 0.227. The number of benzene rings is 2. The van der Waals surface area contributed by atoms with Crippen molar-refractivity contribution in [2.24, 2.45) is 5.16 Å². The number of halogens is 1. The summed E-state index contributed by atoms with van der Waals surface area (Å²) < 4.78 is 1.73. The van der Waals surface area contributed by atoms with Gasteiger partial charge in [0.2, 0.25) is 0 Å². The molecule has 0 fully saturated rings. The number of pyridine rings is 1. The lowest BCUT2D eigenvalue weighted by Gasteiger charge is -2.19. The first kappa shape index (κ1) is 17.2. The summed E-state index contributed by atoms with van der Waals surface area (Å²) in [5.41, 5.74) is 3.54. The van der Waals surface area contributed by atoms with Crippen LogP contribution in [-0.2, 0) is 0 Å². The van der Waals surface area contributed by atoms with Gasteiger partial charge in [-0.25, -0.2) is 0 Å². The number of hydrogen-bond acceptors (Lipinski definition) is 3. The van der Waals surface area contributed by atoms with E-state index in [1.165, 1.54) is 12.4 Å². The molecule has 0 amide bonds. The van der Waals surface area contributed by atoms with E-state index in [1.807, 2.05) is 30.3 Å². The van der Waals surface area contributed by atoms with Crippen LogP contribution in [0.15, 0.2) is 88.8 Å². The fraction of sp³-hybridized carbons (Fsp3) is 0.100. The Morgan fingerprint density at radius 3 is 2.16 bits per heavy atom. The molecule has 25 heavy (non-hydrogen) atoms. The number of hydrogen-bond donors (Lipinski definition) is 1. The largest absolute Gasteiger partial charge is 0.619 e. The van der Waals surface area contributed by atoms with Crippen LogP contribution in [0.4, 0.5) is 0 Å². The molecule has 1 aromatic heterocycles. The van der Waals surface area contributed by atoms with Gasteiger partial charge in [-0.05, 0) is 23.3 Å². The van der Waals surface area contributed by atoms with Gasteiger partial charge in [0, 0.05) is 34.5 Å². The maximum Gasteiger partial charge on any atom is 0.181 e. The zero-order chi connectivity index (χ0) is 17.6. The van der Waals surface area contributed by atoms with Crippen molar-refractivity contribution < 1.29 is 9.94 Å². The lowest BCUT2D eigenvalue weighted by Crippen LogP contribution is -2.24. The Balaban J connectivity index is 1.96. The SMILES string of the molecule is [O-][n+]1ccc(/C(CC(c2ccccc2)c2ccc(Br)cc2)=N/O)cc1. The molecule has 0 saturated heterocycles. The molecule has 1 unspecified atom stereocenters. The Bertz CT molecular complexity index is 847. The van der Waals surface area contributed by atoms with Crippen LogP contribution >= 0.6 is 15.9 Å². The molecule has 2 aromatic carbocycles. The topological polar surface area (TPSA) is 59.5 Å². The summed E-state index contributed by atoms with van der Waals surface area (Å²) >= 11 is 3.46. The van der Waals surface area contributed by atoms with Crippen LogP contribution in [0.5, 0.6) is 0 Å². The van der Waals surface area contributed by atoms with Gasteiger partial charge in [-0.15, -0.1) is 0 Å². The summed E-state index contributed by atoms with van der Waals surface area (Å²) in [6.07, 6.45) is 3.32. The van der Waals surface area contributed by atoms with Gasteiger partial charge in [-0.1, -0.05) is 63.6 Å². The normalized spacial score (nSPS) is 12.8. The van der Waals surface area contributed by atoms with Crippen LogP contribution in [0.2, 0.25) is 0 Å². The number of nitrogens with zero attached hydrogens (tertiary/aromatic N) is 2. The molecule has 0 spiro atoms. The third kappa shape index (κ3) is 4.25. The Kier molecular flexibility index (Phi) is 5.46. The molecule has 0 radical (unpaired) electrons. The summed E-state index contributed by atoms with van der Waals surface area (Å²) in [5, 5.41) is 24.3. The highest BCUT2D eigenvalue weighted by molar-refractivity contribution is 9.10. The van der Waals surface area contributed by atoms with E-state index in [0.717, 1.165) is 21.2 Å². The number of aromatic nitrogens is 1. The predicted octanol–water partition coefficient (Wildman–Crippen LogP) is 4.48. The molecular formula is C20H17BrN2O2. The standard InChI is InChI=1S/C20H17BrN2O2/c21-18-8-6-16(7-9-18)19(15-4-2-1-3-5-15)14-20(22-24)17-10-12-23(25)13-11-17/h1-13,19,24H,14H2/b22-20+. The number of oxime groups is 1. The summed E-state index contributed by atoms with van der Waals surface area (Å²) in [6.45, 7) is 0. The van der Waals surface area contributed by atoms with Gasteiger partial charge in [0.1, 0.15) is 0 Å². The summed E-state index contributed by atoms with van der Waals surface area (Å²) in [6, 6.07) is 21.6. The highest BCUT2D eigenvalue weighted by Crippen LogP contribution is 2.30. The highest BCUT2D eigenvalue weighted by atomic mass is 79.9. The average molecular weight is 397 g/mol. The Morgan fingerprint density at radius 1 is 0.960 bits per heavy atom. The molecule has 5 heteroatoms. The zero-order valence-electron chi connectivity index (χ0n) is 13.4. The maximum absolute atomic E-state index is 11.2. The molecule has 3 aromatic rings. The van der Waals surface area contributed by atoms with Crippen molar-refractivity contribution in [3.8, 4) is 0 Å². The molecule has 0 aliphatic carbocycles. The minimum atomic E-state index is 0.0415. The molecule has 0 aliphatic heterocycles. The van der Waals surface area contributed by atoms with E-state index >= 15 is 0 Å². The molecule has 1 atom stereocenters. The lowest BCUT2D eigenvalue weighted by atomic mass is 9.85. The fourth-order valence-corrected chi connectivity index (χ4v) is 3.09. The molecule has 0 aliphatic rings. The van der Waals surface area contributed by atoms with E-state index in [4.69, 9.17) is 0 Å². The second-order valence-electron chi connectivity index (χ2n) is 5.71. The molecule has 126 valence electrons.